The zero-order chi connectivity index (χ0) is 16.1. The molecule has 0 N–H and O–H groups in total. The summed E-state index contributed by atoms with van der Waals surface area (Å²) in [5, 5.41) is -0.590. The lowest BCUT2D eigenvalue weighted by Gasteiger charge is -2.26. The lowest BCUT2D eigenvalue weighted by Crippen LogP contribution is -2.19. The average molecular weight is 335 g/mol. The smallest absolute Gasteiger partial charge is 0.245 e. The number of nitrogens with zero attached hydrogens (tertiary/aromatic N) is 1. The Morgan fingerprint density at radius 1 is 1.18 bits per heavy atom. The van der Waals surface area contributed by atoms with Crippen molar-refractivity contribution in [1.29, 1.82) is 0 Å². The summed E-state index contributed by atoms with van der Waals surface area (Å²) in [7, 11) is 0. The molecular formula is C16H13ClNO3S-. The number of hydrogen-bond donors (Lipinski definition) is 0. The van der Waals surface area contributed by atoms with E-state index in [-0.39, 0.29) is 0 Å². The van der Waals surface area contributed by atoms with Gasteiger partial charge in [-0.1, -0.05) is 35.9 Å². The van der Waals surface area contributed by atoms with Gasteiger partial charge in [0.25, 0.3) is 0 Å². The molecule has 0 aromatic heterocycles. The molecular weight excluding hydrogens is 322 g/mol. The van der Waals surface area contributed by atoms with Crippen molar-refractivity contribution >= 4 is 45.6 Å². The molecule has 2 aromatic carbocycles. The van der Waals surface area contributed by atoms with Gasteiger partial charge in [-0.2, -0.15) is 0 Å². The van der Waals surface area contributed by atoms with Crippen LogP contribution in [0.5, 0.6) is 0 Å². The van der Waals surface area contributed by atoms with Crippen molar-refractivity contribution in [2.75, 3.05) is 4.31 Å². The molecule has 2 aromatic rings. The summed E-state index contributed by atoms with van der Waals surface area (Å²) in [5.41, 5.74) is 2.72. The van der Waals surface area contributed by atoms with Crippen LogP contribution < -0.4 is 4.31 Å². The molecule has 0 aliphatic carbocycles. The third kappa shape index (κ3) is 4.27. The van der Waals surface area contributed by atoms with Gasteiger partial charge in [-0.3, -0.25) is 13.3 Å². The maximum atomic E-state index is 11.6. The SMILES string of the molecule is Cc1ccc(N(c2cccc(C=CC(=O)Cl)c2)S(=O)[O-])cc1. The van der Waals surface area contributed by atoms with E-state index in [1.54, 1.807) is 36.4 Å². The Morgan fingerprint density at radius 3 is 2.45 bits per heavy atom. The van der Waals surface area contributed by atoms with Gasteiger partial charge >= 0.3 is 0 Å². The molecule has 4 nitrogen and oxygen atoms in total. The molecule has 0 amide bonds. The van der Waals surface area contributed by atoms with Crippen LogP contribution >= 0.6 is 11.6 Å². The zero-order valence-electron chi connectivity index (χ0n) is 11.7. The van der Waals surface area contributed by atoms with E-state index >= 15 is 0 Å². The van der Waals surface area contributed by atoms with Crippen LogP contribution in [0, 0.1) is 6.92 Å². The van der Waals surface area contributed by atoms with Crippen LogP contribution in [0.3, 0.4) is 0 Å². The largest absolute Gasteiger partial charge is 0.755 e. The molecule has 22 heavy (non-hydrogen) atoms. The molecule has 0 radical (unpaired) electrons. The third-order valence-corrected chi connectivity index (χ3v) is 3.77. The summed E-state index contributed by atoms with van der Waals surface area (Å²) >= 11 is 2.79. The Morgan fingerprint density at radius 2 is 1.86 bits per heavy atom. The van der Waals surface area contributed by atoms with E-state index in [0.717, 1.165) is 5.56 Å². The fourth-order valence-electron chi connectivity index (χ4n) is 1.92. The molecule has 0 fully saturated rings. The topological polar surface area (TPSA) is 60.4 Å². The van der Waals surface area contributed by atoms with E-state index in [0.29, 0.717) is 16.9 Å². The first-order valence-electron chi connectivity index (χ1n) is 6.41. The van der Waals surface area contributed by atoms with Crippen molar-refractivity contribution in [3.05, 3.63) is 65.7 Å². The first kappa shape index (κ1) is 16.4. The number of carbonyl (C=O) groups is 1. The Hall–Kier alpha value is -1.95. The Bertz CT molecular complexity index is 728. The lowest BCUT2D eigenvalue weighted by atomic mass is 10.1. The molecule has 0 saturated heterocycles. The van der Waals surface area contributed by atoms with Crippen molar-refractivity contribution in [3.8, 4) is 0 Å². The first-order valence-corrected chi connectivity index (χ1v) is 7.82. The quantitative estimate of drug-likeness (QED) is 0.476. The van der Waals surface area contributed by atoms with Crippen molar-refractivity contribution in [2.24, 2.45) is 0 Å². The van der Waals surface area contributed by atoms with Gasteiger partial charge in [0.1, 0.15) is 0 Å². The number of rotatable bonds is 5. The predicted molar refractivity (Wildman–Crippen MR) is 88.6 cm³/mol. The third-order valence-electron chi connectivity index (χ3n) is 2.93. The number of allylic oxidation sites excluding steroid dienone is 1. The molecule has 6 heteroatoms. The molecule has 0 heterocycles. The lowest BCUT2D eigenvalue weighted by molar-refractivity contribution is -0.107. The molecule has 1 unspecified atom stereocenters. The summed E-state index contributed by atoms with van der Waals surface area (Å²) in [4.78, 5) is 10.8. The van der Waals surface area contributed by atoms with E-state index in [4.69, 9.17) is 11.6 Å². The van der Waals surface area contributed by atoms with Crippen LogP contribution in [0.1, 0.15) is 11.1 Å². The molecule has 0 aliphatic heterocycles. The van der Waals surface area contributed by atoms with Crippen LogP contribution in [0.2, 0.25) is 0 Å². The highest BCUT2D eigenvalue weighted by atomic mass is 35.5. The predicted octanol–water partition coefficient (Wildman–Crippen LogP) is 3.71. The summed E-state index contributed by atoms with van der Waals surface area (Å²) < 4.78 is 24.4. The summed E-state index contributed by atoms with van der Waals surface area (Å²) in [6.45, 7) is 1.93. The minimum Gasteiger partial charge on any atom is -0.755 e. The second kappa shape index (κ2) is 7.35. The average Bonchev–Trinajstić information content (AvgIpc) is 2.47. The molecule has 0 spiro atoms. The van der Waals surface area contributed by atoms with Crippen LogP contribution in [-0.4, -0.2) is 14.0 Å². The summed E-state index contributed by atoms with van der Waals surface area (Å²) in [6.07, 6.45) is 2.74. The van der Waals surface area contributed by atoms with E-state index in [9.17, 15) is 13.6 Å². The number of aryl methyl sites for hydroxylation is 1. The van der Waals surface area contributed by atoms with Crippen molar-refractivity contribution in [1.82, 2.24) is 0 Å². The van der Waals surface area contributed by atoms with Crippen LogP contribution in [0.25, 0.3) is 6.08 Å². The maximum Gasteiger partial charge on any atom is 0.245 e. The normalized spacial score (nSPS) is 12.3. The second-order valence-corrected chi connectivity index (χ2v) is 5.75. The number of anilines is 2. The Kier molecular flexibility index (Phi) is 5.49. The van der Waals surface area contributed by atoms with Gasteiger partial charge in [-0.05, 0) is 54.4 Å². The highest BCUT2D eigenvalue weighted by molar-refractivity contribution is 7.81. The van der Waals surface area contributed by atoms with E-state index in [2.05, 4.69) is 0 Å². The van der Waals surface area contributed by atoms with Gasteiger partial charge in [0.05, 0.1) is 22.6 Å². The van der Waals surface area contributed by atoms with Gasteiger partial charge in [0.2, 0.25) is 5.24 Å². The van der Waals surface area contributed by atoms with E-state index in [1.807, 2.05) is 19.1 Å². The fraction of sp³-hybridized carbons (Fsp3) is 0.0625. The van der Waals surface area contributed by atoms with Gasteiger partial charge in [-0.15, -0.1) is 0 Å². The molecule has 2 rings (SSSR count). The maximum absolute atomic E-state index is 11.6. The van der Waals surface area contributed by atoms with Crippen molar-refractivity contribution < 1.29 is 13.6 Å². The van der Waals surface area contributed by atoms with Gasteiger partial charge < -0.3 is 4.55 Å². The summed E-state index contributed by atoms with van der Waals surface area (Å²) in [5.74, 6) is 0. The van der Waals surface area contributed by atoms with Crippen molar-refractivity contribution in [3.63, 3.8) is 0 Å². The minimum atomic E-state index is -2.47. The number of carbonyl (C=O) groups excluding carboxylic acids is 1. The number of halogens is 1. The standard InChI is InChI=1S/C16H14ClNO3S/c1-12-5-8-14(9-6-12)18(22(20)21)15-4-2-3-13(11-15)7-10-16(17)19/h2-11H,1H3,(H,20,21)/p-1. The molecule has 1 atom stereocenters. The highest BCUT2D eigenvalue weighted by Gasteiger charge is 2.10. The van der Waals surface area contributed by atoms with Gasteiger partial charge in [-0.25, -0.2) is 0 Å². The highest BCUT2D eigenvalue weighted by Crippen LogP contribution is 2.28. The first-order chi connectivity index (χ1) is 10.5. The minimum absolute atomic E-state index is 0.473. The summed E-state index contributed by atoms with van der Waals surface area (Å²) in [6, 6.07) is 13.9. The fourth-order valence-corrected chi connectivity index (χ4v) is 2.56. The Labute approximate surface area is 136 Å². The molecule has 0 saturated carbocycles. The van der Waals surface area contributed by atoms with Crippen LogP contribution in [-0.2, 0) is 16.1 Å². The number of hydrogen-bond acceptors (Lipinski definition) is 3. The molecule has 114 valence electrons. The number of benzene rings is 2. The van der Waals surface area contributed by atoms with Gasteiger partial charge in [0.15, 0.2) is 0 Å². The van der Waals surface area contributed by atoms with E-state index < -0.39 is 16.5 Å². The molecule has 0 bridgehead atoms. The zero-order valence-corrected chi connectivity index (χ0v) is 13.3. The Balaban J connectivity index is 2.41. The second-order valence-electron chi connectivity index (χ2n) is 4.58. The van der Waals surface area contributed by atoms with Crippen LogP contribution in [0.15, 0.2) is 54.6 Å². The monoisotopic (exact) mass is 334 g/mol. The van der Waals surface area contributed by atoms with Crippen LogP contribution in [0.4, 0.5) is 11.4 Å². The molecule has 0 aliphatic rings. The van der Waals surface area contributed by atoms with Crippen molar-refractivity contribution in [2.45, 2.75) is 6.92 Å². The van der Waals surface area contributed by atoms with E-state index in [1.165, 1.54) is 16.5 Å². The van der Waals surface area contributed by atoms with Gasteiger partial charge in [0, 0.05) is 0 Å².